The molecule has 0 saturated carbocycles. The second-order valence-corrected chi connectivity index (χ2v) is 8.54. The van der Waals surface area contributed by atoms with Crippen molar-refractivity contribution in [1.82, 2.24) is 4.90 Å². The van der Waals surface area contributed by atoms with Gasteiger partial charge in [-0.25, -0.2) is 17.2 Å². The van der Waals surface area contributed by atoms with E-state index in [4.69, 9.17) is 0 Å². The summed E-state index contributed by atoms with van der Waals surface area (Å²) in [6, 6.07) is 18.3. The summed E-state index contributed by atoms with van der Waals surface area (Å²) in [7, 11) is -2.62. The van der Waals surface area contributed by atoms with Gasteiger partial charge in [0.25, 0.3) is 10.0 Å². The number of sulfonamides is 1. The number of rotatable bonds is 7. The van der Waals surface area contributed by atoms with E-state index in [2.05, 4.69) is 0 Å². The van der Waals surface area contributed by atoms with Crippen molar-refractivity contribution in [2.24, 2.45) is 0 Å². The van der Waals surface area contributed by atoms with Gasteiger partial charge in [0.1, 0.15) is 18.2 Å². The minimum absolute atomic E-state index is 0.127. The van der Waals surface area contributed by atoms with Crippen molar-refractivity contribution in [2.75, 3.05) is 17.9 Å². The molecule has 5 nitrogen and oxygen atoms in total. The molecule has 0 fully saturated rings. The lowest BCUT2D eigenvalue weighted by Gasteiger charge is -2.26. The Balaban J connectivity index is 1.90. The molecule has 3 aromatic rings. The number of hydrogen-bond acceptors (Lipinski definition) is 3. The van der Waals surface area contributed by atoms with E-state index >= 15 is 0 Å². The van der Waals surface area contributed by atoms with Crippen LogP contribution < -0.4 is 4.31 Å². The molecule has 1 amide bonds. The fourth-order valence-corrected chi connectivity index (χ4v) is 4.26. The Labute approximate surface area is 174 Å². The Kier molecular flexibility index (Phi) is 6.47. The van der Waals surface area contributed by atoms with E-state index in [-0.39, 0.29) is 10.6 Å². The van der Waals surface area contributed by atoms with E-state index in [1.54, 1.807) is 7.05 Å². The Morgan fingerprint density at radius 2 is 1.37 bits per heavy atom. The molecule has 0 heterocycles. The highest BCUT2D eigenvalue weighted by Crippen LogP contribution is 2.24. The zero-order valence-corrected chi connectivity index (χ0v) is 17.0. The monoisotopic (exact) mass is 430 g/mol. The fourth-order valence-electron chi connectivity index (χ4n) is 2.85. The Morgan fingerprint density at radius 3 is 1.93 bits per heavy atom. The van der Waals surface area contributed by atoms with Gasteiger partial charge in [-0.05, 0) is 54.1 Å². The third-order valence-electron chi connectivity index (χ3n) is 4.48. The number of anilines is 1. The summed E-state index contributed by atoms with van der Waals surface area (Å²) in [5, 5.41) is 0. The average Bonchev–Trinajstić information content (AvgIpc) is 2.73. The number of hydrogen-bond donors (Lipinski definition) is 0. The maximum absolute atomic E-state index is 13.4. The van der Waals surface area contributed by atoms with E-state index in [0.717, 1.165) is 46.3 Å². The molecule has 0 unspecified atom stereocenters. The van der Waals surface area contributed by atoms with Crippen LogP contribution >= 0.6 is 0 Å². The molecule has 0 aliphatic heterocycles. The third kappa shape index (κ3) is 5.01. The molecule has 0 N–H and O–H groups in total. The second kappa shape index (κ2) is 9.04. The highest BCUT2D eigenvalue weighted by atomic mass is 32.2. The summed E-state index contributed by atoms with van der Waals surface area (Å²) in [6.07, 6.45) is 0. The molecule has 0 aliphatic rings. The number of likely N-dealkylation sites (N-methyl/N-ethyl adjacent to an activating group) is 1. The lowest BCUT2D eigenvalue weighted by Crippen LogP contribution is -2.41. The molecular weight excluding hydrogens is 410 g/mol. The largest absolute Gasteiger partial charge is 0.340 e. The summed E-state index contributed by atoms with van der Waals surface area (Å²) in [4.78, 5) is 14.1. The fraction of sp³-hybridized carbons (Fsp3) is 0.136. The number of benzene rings is 3. The van der Waals surface area contributed by atoms with Crippen LogP contribution in [-0.4, -0.2) is 32.8 Å². The van der Waals surface area contributed by atoms with Gasteiger partial charge in [-0.1, -0.05) is 30.3 Å². The van der Waals surface area contributed by atoms with Gasteiger partial charge in [0.05, 0.1) is 10.6 Å². The van der Waals surface area contributed by atoms with Gasteiger partial charge in [0.15, 0.2) is 0 Å². The molecule has 156 valence electrons. The number of carbonyl (C=O) groups is 1. The first-order chi connectivity index (χ1) is 14.3. The molecule has 8 heteroatoms. The maximum Gasteiger partial charge on any atom is 0.264 e. The van der Waals surface area contributed by atoms with Crippen LogP contribution in [0.1, 0.15) is 5.56 Å². The van der Waals surface area contributed by atoms with E-state index < -0.39 is 34.1 Å². The summed E-state index contributed by atoms with van der Waals surface area (Å²) < 4.78 is 53.9. The van der Waals surface area contributed by atoms with Gasteiger partial charge in [-0.15, -0.1) is 0 Å². The van der Waals surface area contributed by atoms with Gasteiger partial charge >= 0.3 is 0 Å². The van der Waals surface area contributed by atoms with E-state index in [9.17, 15) is 22.0 Å². The highest BCUT2D eigenvalue weighted by Gasteiger charge is 2.28. The normalized spacial score (nSPS) is 11.2. The van der Waals surface area contributed by atoms with Crippen LogP contribution in [0.2, 0.25) is 0 Å². The molecule has 0 saturated heterocycles. The summed E-state index contributed by atoms with van der Waals surface area (Å²) in [5.74, 6) is -1.57. The van der Waals surface area contributed by atoms with E-state index in [1.807, 2.05) is 30.3 Å². The molecule has 0 atom stereocenters. The predicted molar refractivity (Wildman–Crippen MR) is 110 cm³/mol. The Bertz CT molecular complexity index is 1100. The Morgan fingerprint density at radius 1 is 0.833 bits per heavy atom. The van der Waals surface area contributed by atoms with Gasteiger partial charge in [0.2, 0.25) is 5.91 Å². The molecule has 0 radical (unpaired) electrons. The topological polar surface area (TPSA) is 57.7 Å². The zero-order valence-electron chi connectivity index (χ0n) is 16.2. The van der Waals surface area contributed by atoms with Gasteiger partial charge in [-0.2, -0.15) is 0 Å². The smallest absolute Gasteiger partial charge is 0.264 e. The van der Waals surface area contributed by atoms with Crippen LogP contribution in [0.4, 0.5) is 14.5 Å². The molecule has 0 aliphatic carbocycles. The van der Waals surface area contributed by atoms with Crippen molar-refractivity contribution in [2.45, 2.75) is 11.4 Å². The number of carbonyl (C=O) groups excluding carboxylic acids is 1. The zero-order chi connectivity index (χ0) is 21.7. The van der Waals surface area contributed by atoms with Crippen LogP contribution in [-0.2, 0) is 21.4 Å². The highest BCUT2D eigenvalue weighted by molar-refractivity contribution is 7.92. The molecule has 0 aromatic heterocycles. The second-order valence-electron chi connectivity index (χ2n) is 6.68. The van der Waals surface area contributed by atoms with E-state index in [0.29, 0.717) is 6.54 Å². The van der Waals surface area contributed by atoms with Crippen molar-refractivity contribution in [3.63, 3.8) is 0 Å². The SMILES string of the molecule is CN(Cc1ccccc1)C(=O)CN(c1ccc(F)cc1)S(=O)(=O)c1ccc(F)cc1. The van der Waals surface area contributed by atoms with Crippen LogP contribution in [0.25, 0.3) is 0 Å². The van der Waals surface area contributed by atoms with Gasteiger partial charge in [0, 0.05) is 13.6 Å². The predicted octanol–water partition coefficient (Wildman–Crippen LogP) is 3.82. The molecule has 0 bridgehead atoms. The quantitative estimate of drug-likeness (QED) is 0.573. The molecule has 30 heavy (non-hydrogen) atoms. The first-order valence-electron chi connectivity index (χ1n) is 9.09. The van der Waals surface area contributed by atoms with Crippen molar-refractivity contribution in [3.8, 4) is 0 Å². The number of amides is 1. The lowest BCUT2D eigenvalue weighted by atomic mass is 10.2. The van der Waals surface area contributed by atoms with Crippen LogP contribution in [0, 0.1) is 11.6 Å². The van der Waals surface area contributed by atoms with Crippen molar-refractivity contribution in [3.05, 3.63) is 96.1 Å². The van der Waals surface area contributed by atoms with Crippen LogP contribution in [0.3, 0.4) is 0 Å². The minimum atomic E-state index is -4.19. The van der Waals surface area contributed by atoms with Crippen molar-refractivity contribution < 1.29 is 22.0 Å². The van der Waals surface area contributed by atoms with Crippen molar-refractivity contribution >= 4 is 21.6 Å². The first-order valence-corrected chi connectivity index (χ1v) is 10.5. The van der Waals surface area contributed by atoms with Crippen molar-refractivity contribution in [1.29, 1.82) is 0 Å². The lowest BCUT2D eigenvalue weighted by molar-refractivity contribution is -0.128. The van der Waals surface area contributed by atoms with Crippen LogP contribution in [0.5, 0.6) is 0 Å². The maximum atomic E-state index is 13.4. The van der Waals surface area contributed by atoms with Crippen LogP contribution in [0.15, 0.2) is 83.8 Å². The third-order valence-corrected chi connectivity index (χ3v) is 6.27. The molecule has 3 aromatic carbocycles. The summed E-state index contributed by atoms with van der Waals surface area (Å²) >= 11 is 0. The standard InChI is InChI=1S/C22H20F2N2O3S/c1-25(15-17-5-3-2-4-6-17)22(27)16-26(20-11-7-18(23)8-12-20)30(28,29)21-13-9-19(24)10-14-21/h2-14H,15-16H2,1H3. The molecule has 0 spiro atoms. The average molecular weight is 430 g/mol. The Hall–Kier alpha value is -3.26. The van der Waals surface area contributed by atoms with E-state index in [1.165, 1.54) is 17.0 Å². The van der Waals surface area contributed by atoms with Gasteiger partial charge in [-0.3, -0.25) is 9.10 Å². The van der Waals surface area contributed by atoms with Gasteiger partial charge < -0.3 is 4.90 Å². The molecule has 3 rings (SSSR count). The minimum Gasteiger partial charge on any atom is -0.340 e. The summed E-state index contributed by atoms with van der Waals surface area (Å²) in [5.41, 5.74) is 1.02. The first kappa shape index (κ1) is 21.4. The molecular formula is C22H20F2N2O3S. The number of nitrogens with zero attached hydrogens (tertiary/aromatic N) is 2. The number of halogens is 2. The summed E-state index contributed by atoms with van der Waals surface area (Å²) in [6.45, 7) is -0.192.